The molecule has 5 heterocycles. The zero-order valence-electron chi connectivity index (χ0n) is 22.1. The molecule has 8 heteroatoms. The molecule has 2 aromatic heterocycles. The molecule has 0 aliphatic carbocycles. The maximum atomic E-state index is 13.6. The number of amides is 2. The summed E-state index contributed by atoms with van der Waals surface area (Å²) in [5.74, 6) is 1.78. The summed E-state index contributed by atoms with van der Waals surface area (Å²) in [7, 11) is 0. The Morgan fingerprint density at radius 1 is 0.975 bits per heavy atom. The van der Waals surface area contributed by atoms with Crippen LogP contribution >= 0.6 is 0 Å². The van der Waals surface area contributed by atoms with Gasteiger partial charge in [0.25, 0.3) is 5.91 Å². The summed E-state index contributed by atoms with van der Waals surface area (Å²) in [5.41, 5.74) is 4.66. The third-order valence-corrected chi connectivity index (χ3v) is 7.27. The fourth-order valence-electron chi connectivity index (χ4n) is 5.31. The lowest BCUT2D eigenvalue weighted by molar-refractivity contribution is -0.133. The number of nitrogens with one attached hydrogen (secondary N) is 1. The van der Waals surface area contributed by atoms with E-state index < -0.39 is 0 Å². The van der Waals surface area contributed by atoms with E-state index in [1.54, 1.807) is 18.5 Å². The van der Waals surface area contributed by atoms with E-state index in [0.717, 1.165) is 28.0 Å². The Bertz CT molecular complexity index is 1520. The van der Waals surface area contributed by atoms with Gasteiger partial charge in [0.15, 0.2) is 0 Å². The third-order valence-electron chi connectivity index (χ3n) is 7.27. The maximum absolute atomic E-state index is 13.6. The molecule has 40 heavy (non-hydrogen) atoms. The highest BCUT2D eigenvalue weighted by Gasteiger charge is 2.32. The lowest BCUT2D eigenvalue weighted by atomic mass is 9.87. The number of hydrogen-bond acceptors (Lipinski definition) is 6. The molecular formula is C32H30N4O4. The average Bonchev–Trinajstić information content (AvgIpc) is 2.99. The van der Waals surface area contributed by atoms with Crippen molar-refractivity contribution >= 4 is 11.8 Å². The summed E-state index contributed by atoms with van der Waals surface area (Å²) in [6.45, 7) is 1.51. The van der Waals surface area contributed by atoms with E-state index in [-0.39, 0.29) is 17.9 Å². The summed E-state index contributed by atoms with van der Waals surface area (Å²) < 4.78 is 12.2. The van der Waals surface area contributed by atoms with Crippen molar-refractivity contribution in [2.45, 2.75) is 31.7 Å². The first-order valence-corrected chi connectivity index (χ1v) is 13.6. The van der Waals surface area contributed by atoms with Gasteiger partial charge >= 0.3 is 0 Å². The van der Waals surface area contributed by atoms with Crippen molar-refractivity contribution in [1.82, 2.24) is 20.2 Å². The molecule has 4 aromatic rings. The van der Waals surface area contributed by atoms with E-state index in [0.29, 0.717) is 62.4 Å². The molecule has 0 fully saturated rings. The number of hydrogen-bond donors (Lipinski definition) is 1. The van der Waals surface area contributed by atoms with Gasteiger partial charge in [-0.2, -0.15) is 0 Å². The van der Waals surface area contributed by atoms with Crippen LogP contribution in [0.4, 0.5) is 0 Å². The molecule has 1 unspecified atom stereocenters. The van der Waals surface area contributed by atoms with Crippen molar-refractivity contribution in [3.63, 3.8) is 0 Å². The van der Waals surface area contributed by atoms with Crippen molar-refractivity contribution in [1.29, 1.82) is 0 Å². The van der Waals surface area contributed by atoms with Gasteiger partial charge in [0.05, 0.1) is 24.4 Å². The van der Waals surface area contributed by atoms with E-state index in [4.69, 9.17) is 9.47 Å². The highest BCUT2D eigenvalue weighted by molar-refractivity contribution is 5.94. The minimum Gasteiger partial charge on any atom is -0.494 e. The Balaban J connectivity index is 1.35. The standard InChI is InChI=1S/C32H30N4O4/c37-30(10-7-22-4-2-12-33-19-22)36-14-11-23-16-27-8-9-29(23)31(36)24-5-1-6-26(17-24)39-15-3-13-35-32(38)25-18-28(40-27)21-34-20-25/h1-2,4-6,8-9,12,16-21,31H,3,7,10-11,13-15H2,(H,35,38). The summed E-state index contributed by atoms with van der Waals surface area (Å²) in [5, 5.41) is 2.91. The van der Waals surface area contributed by atoms with Crippen LogP contribution < -0.4 is 14.8 Å². The van der Waals surface area contributed by atoms with Gasteiger partial charge in [-0.05, 0) is 77.9 Å². The highest BCUT2D eigenvalue weighted by Crippen LogP contribution is 2.39. The quantitative estimate of drug-likeness (QED) is 0.402. The second-order valence-corrected chi connectivity index (χ2v) is 10.0. The monoisotopic (exact) mass is 534 g/mol. The van der Waals surface area contributed by atoms with Crippen LogP contribution in [0.25, 0.3) is 0 Å². The van der Waals surface area contributed by atoms with Gasteiger partial charge in [0.1, 0.15) is 17.2 Å². The number of pyridine rings is 2. The molecular weight excluding hydrogens is 504 g/mol. The second-order valence-electron chi connectivity index (χ2n) is 10.0. The molecule has 202 valence electrons. The minimum absolute atomic E-state index is 0.104. The van der Waals surface area contributed by atoms with Gasteiger partial charge in [-0.1, -0.05) is 24.3 Å². The Kier molecular flexibility index (Phi) is 7.39. The van der Waals surface area contributed by atoms with Crippen molar-refractivity contribution in [3.05, 3.63) is 113 Å². The fraction of sp³-hybridized carbons (Fsp3) is 0.250. The minimum atomic E-state index is -0.245. The predicted octanol–water partition coefficient (Wildman–Crippen LogP) is 4.89. The summed E-state index contributed by atoms with van der Waals surface area (Å²) in [6.07, 6.45) is 9.08. The summed E-state index contributed by atoms with van der Waals surface area (Å²) in [4.78, 5) is 36.6. The van der Waals surface area contributed by atoms with Gasteiger partial charge in [-0.3, -0.25) is 19.6 Å². The lowest BCUT2D eigenvalue weighted by Crippen LogP contribution is -2.40. The molecule has 2 aromatic carbocycles. The van der Waals surface area contributed by atoms with E-state index in [1.807, 2.05) is 65.7 Å². The summed E-state index contributed by atoms with van der Waals surface area (Å²) >= 11 is 0. The van der Waals surface area contributed by atoms with Crippen LogP contribution in [-0.2, 0) is 17.6 Å². The molecule has 2 amide bonds. The zero-order chi connectivity index (χ0) is 27.3. The van der Waals surface area contributed by atoms with E-state index in [2.05, 4.69) is 15.3 Å². The number of ether oxygens (including phenoxy) is 2. The highest BCUT2D eigenvalue weighted by atomic mass is 16.5. The van der Waals surface area contributed by atoms with Gasteiger partial charge in [-0.25, -0.2) is 0 Å². The average molecular weight is 535 g/mol. The molecule has 1 N–H and O–H groups in total. The second kappa shape index (κ2) is 11.6. The number of aromatic nitrogens is 2. The van der Waals surface area contributed by atoms with Crippen LogP contribution in [0.15, 0.2) is 85.5 Å². The van der Waals surface area contributed by atoms with Gasteiger partial charge in [0.2, 0.25) is 5.91 Å². The Labute approximate surface area is 233 Å². The van der Waals surface area contributed by atoms with E-state index in [9.17, 15) is 9.59 Å². The number of benzene rings is 2. The number of rotatable bonds is 3. The fourth-order valence-corrected chi connectivity index (χ4v) is 5.31. The van der Waals surface area contributed by atoms with Crippen LogP contribution in [0.5, 0.6) is 17.2 Å². The first-order valence-electron chi connectivity index (χ1n) is 13.6. The first-order chi connectivity index (χ1) is 19.6. The number of fused-ring (bicyclic) bond motifs is 6. The number of aryl methyl sites for hydroxylation is 1. The van der Waals surface area contributed by atoms with Crippen LogP contribution in [0.1, 0.15) is 51.5 Å². The Morgan fingerprint density at radius 2 is 1.93 bits per heavy atom. The molecule has 0 radical (unpaired) electrons. The van der Waals surface area contributed by atoms with Crippen molar-refractivity contribution in [2.75, 3.05) is 19.7 Å². The molecule has 1 atom stereocenters. The SMILES string of the molecule is O=C1NCCCOc2cccc(c2)C2c3ccc(cc3CCN2C(=O)CCc2cccnc2)Oc2cncc1c2. The molecule has 8 nitrogen and oxygen atoms in total. The molecule has 3 aliphatic heterocycles. The van der Waals surface area contributed by atoms with Crippen molar-refractivity contribution in [3.8, 4) is 17.2 Å². The van der Waals surface area contributed by atoms with Gasteiger partial charge in [0, 0.05) is 38.1 Å². The summed E-state index contributed by atoms with van der Waals surface area (Å²) in [6, 6.07) is 19.3. The molecule has 3 aliphatic rings. The molecule has 8 bridgehead atoms. The van der Waals surface area contributed by atoms with E-state index in [1.165, 1.54) is 6.20 Å². The first kappa shape index (κ1) is 25.6. The van der Waals surface area contributed by atoms with Crippen LogP contribution in [0, 0.1) is 0 Å². The van der Waals surface area contributed by atoms with Crippen molar-refractivity contribution in [2.24, 2.45) is 0 Å². The molecule has 0 saturated heterocycles. The van der Waals surface area contributed by atoms with Crippen molar-refractivity contribution < 1.29 is 19.1 Å². The Hall–Kier alpha value is -4.72. The zero-order valence-corrected chi connectivity index (χ0v) is 22.1. The smallest absolute Gasteiger partial charge is 0.252 e. The van der Waals surface area contributed by atoms with Gasteiger partial charge in [-0.15, -0.1) is 0 Å². The maximum Gasteiger partial charge on any atom is 0.252 e. The normalized spacial score (nSPS) is 16.6. The third kappa shape index (κ3) is 5.66. The van der Waals surface area contributed by atoms with Crippen LogP contribution in [0.2, 0.25) is 0 Å². The number of carbonyl (C=O) groups is 2. The lowest BCUT2D eigenvalue weighted by Gasteiger charge is -2.38. The molecule has 0 saturated carbocycles. The van der Waals surface area contributed by atoms with E-state index >= 15 is 0 Å². The Morgan fingerprint density at radius 3 is 2.83 bits per heavy atom. The van der Waals surface area contributed by atoms with Gasteiger partial charge < -0.3 is 19.7 Å². The van der Waals surface area contributed by atoms with Crippen LogP contribution in [0.3, 0.4) is 0 Å². The predicted molar refractivity (Wildman–Crippen MR) is 149 cm³/mol. The largest absolute Gasteiger partial charge is 0.494 e. The van der Waals surface area contributed by atoms with Crippen LogP contribution in [-0.4, -0.2) is 46.4 Å². The number of carbonyl (C=O) groups excluding carboxylic acids is 2. The topological polar surface area (TPSA) is 93.7 Å². The number of nitrogens with zero attached hydrogens (tertiary/aromatic N) is 3. The molecule has 0 spiro atoms. The molecule has 7 rings (SSSR count).